The van der Waals surface area contributed by atoms with Gasteiger partial charge in [-0.3, -0.25) is 9.46 Å². The lowest BCUT2D eigenvalue weighted by Crippen LogP contribution is -2.45. The maximum atomic E-state index is 15.0. The van der Waals surface area contributed by atoms with Crippen molar-refractivity contribution in [2.75, 3.05) is 52.6 Å². The van der Waals surface area contributed by atoms with E-state index in [1.54, 1.807) is 0 Å². The molecule has 2 aliphatic heterocycles. The Balaban J connectivity index is 1.84. The molecule has 150 valence electrons. The third-order valence-corrected chi connectivity index (χ3v) is 9.52. The number of ether oxygens (including phenoxy) is 2. The molecule has 2 aromatic rings. The van der Waals surface area contributed by atoms with Crippen molar-refractivity contribution in [1.82, 2.24) is 9.57 Å². The molecule has 0 unspecified atom stereocenters. The highest BCUT2D eigenvalue weighted by Crippen LogP contribution is 2.62. The fraction of sp³-hybridized carbons (Fsp3) is 0.429. The number of morpholine rings is 2. The zero-order valence-corrected chi connectivity index (χ0v) is 18.4. The minimum atomic E-state index is -2.95. The second kappa shape index (κ2) is 9.21. The average Bonchev–Trinajstić information content (AvgIpc) is 2.77. The fourth-order valence-corrected chi connectivity index (χ4v) is 7.83. The lowest BCUT2D eigenvalue weighted by Gasteiger charge is -2.44. The van der Waals surface area contributed by atoms with Crippen molar-refractivity contribution in [1.29, 1.82) is 0 Å². The van der Waals surface area contributed by atoms with Crippen LogP contribution < -0.4 is 5.30 Å². The summed E-state index contributed by atoms with van der Waals surface area (Å²) in [5.41, 5.74) is 1.09. The summed E-state index contributed by atoms with van der Waals surface area (Å²) in [7, 11) is -2.95. The van der Waals surface area contributed by atoms with Crippen molar-refractivity contribution in [3.8, 4) is 0 Å². The van der Waals surface area contributed by atoms with Gasteiger partial charge in [0.2, 0.25) is 0 Å². The first-order valence-corrected chi connectivity index (χ1v) is 12.3. The number of benzene rings is 2. The summed E-state index contributed by atoms with van der Waals surface area (Å²) in [5.74, 6) is -0.204. The van der Waals surface area contributed by atoms with Crippen molar-refractivity contribution in [2.24, 2.45) is 0 Å². The van der Waals surface area contributed by atoms with Crippen molar-refractivity contribution in [3.63, 3.8) is 0 Å². The third-order valence-electron chi connectivity index (χ3n) is 5.43. The van der Waals surface area contributed by atoms with Gasteiger partial charge in [0.1, 0.15) is 5.78 Å². The van der Waals surface area contributed by atoms with Crippen LogP contribution in [0.4, 0.5) is 0 Å². The first-order chi connectivity index (χ1) is 13.7. The quantitative estimate of drug-likeness (QED) is 0.630. The van der Waals surface area contributed by atoms with Crippen LogP contribution >= 0.6 is 23.2 Å². The summed E-state index contributed by atoms with van der Waals surface area (Å²) in [6.07, 6.45) is 0. The first-order valence-electron chi connectivity index (χ1n) is 9.75. The van der Waals surface area contributed by atoms with Crippen molar-refractivity contribution in [3.05, 3.63) is 64.6 Å². The lowest BCUT2D eigenvalue weighted by atomic mass is 10.2. The Kier molecular flexibility index (Phi) is 6.66. The highest BCUT2D eigenvalue weighted by Gasteiger charge is 2.45. The van der Waals surface area contributed by atoms with Gasteiger partial charge in [0.25, 0.3) is 0 Å². The molecule has 5 nitrogen and oxygen atoms in total. The SMILES string of the molecule is O=[P@@](c1ccccc1)([C@@H](c1ccc(Br)cc1)N1CCOCC1)N1CCOCC1. The molecule has 0 N–H and O–H groups in total. The van der Waals surface area contributed by atoms with Crippen molar-refractivity contribution < 1.29 is 14.0 Å². The maximum Gasteiger partial charge on any atom is 0.199 e. The van der Waals surface area contributed by atoms with E-state index in [4.69, 9.17) is 9.47 Å². The normalized spacial score (nSPS) is 22.5. The number of hydrogen-bond donors (Lipinski definition) is 0. The van der Waals surface area contributed by atoms with Gasteiger partial charge in [0, 0.05) is 36.0 Å². The molecule has 2 aliphatic rings. The van der Waals surface area contributed by atoms with Gasteiger partial charge in [-0.25, -0.2) is 4.67 Å². The predicted molar refractivity (Wildman–Crippen MR) is 115 cm³/mol. The number of rotatable bonds is 5. The third kappa shape index (κ3) is 4.13. The van der Waals surface area contributed by atoms with Crippen LogP contribution in [0.5, 0.6) is 0 Å². The Bertz CT molecular complexity index is 806. The van der Waals surface area contributed by atoms with Crippen LogP contribution in [-0.2, 0) is 14.0 Å². The summed E-state index contributed by atoms with van der Waals surface area (Å²) in [4.78, 5) is 2.34. The molecule has 0 aromatic heterocycles. The van der Waals surface area contributed by atoms with Crippen LogP contribution in [0.25, 0.3) is 0 Å². The standard InChI is InChI=1S/C21H26BrN2O3P/c22-19-8-6-18(7-9-19)21(23-10-14-26-15-11-23)28(25,20-4-2-1-3-5-20)24-12-16-27-17-13-24/h1-9,21H,10-17H2/t21-,28-/m0/s1. The summed E-state index contributed by atoms with van der Waals surface area (Å²) in [5, 5.41) is 0.913. The molecule has 2 atom stereocenters. The van der Waals surface area contributed by atoms with Gasteiger partial charge in [0.15, 0.2) is 7.29 Å². The Morgan fingerprint density at radius 3 is 2.00 bits per heavy atom. The molecule has 2 saturated heterocycles. The van der Waals surface area contributed by atoms with Crippen LogP contribution in [0, 0.1) is 0 Å². The highest BCUT2D eigenvalue weighted by molar-refractivity contribution is 9.10. The van der Waals surface area contributed by atoms with E-state index in [0.717, 1.165) is 28.4 Å². The Labute approximate surface area is 175 Å². The number of nitrogens with zero attached hydrogens (tertiary/aromatic N) is 2. The molecular formula is C21H26BrN2O3P. The van der Waals surface area contributed by atoms with Crippen LogP contribution in [0.3, 0.4) is 0 Å². The summed E-state index contributed by atoms with van der Waals surface area (Å²) < 4.78 is 29.4. The smallest absolute Gasteiger partial charge is 0.199 e. The molecule has 0 aliphatic carbocycles. The van der Waals surface area contributed by atoms with Gasteiger partial charge >= 0.3 is 0 Å². The van der Waals surface area contributed by atoms with Gasteiger partial charge < -0.3 is 9.47 Å². The molecule has 7 heteroatoms. The monoisotopic (exact) mass is 464 g/mol. The zero-order valence-electron chi connectivity index (χ0n) is 15.9. The molecule has 0 saturated carbocycles. The minimum absolute atomic E-state index is 0.204. The van der Waals surface area contributed by atoms with E-state index >= 15 is 4.57 Å². The molecule has 2 fully saturated rings. The predicted octanol–water partition coefficient (Wildman–Crippen LogP) is 3.72. The van der Waals surface area contributed by atoms with E-state index in [1.807, 2.05) is 42.5 Å². The van der Waals surface area contributed by atoms with E-state index in [0.29, 0.717) is 39.5 Å². The summed E-state index contributed by atoms with van der Waals surface area (Å²) in [6.45, 7) is 5.51. The van der Waals surface area contributed by atoms with E-state index in [9.17, 15) is 0 Å². The van der Waals surface area contributed by atoms with Gasteiger partial charge in [-0.1, -0.05) is 58.4 Å². The average molecular weight is 465 g/mol. The molecule has 0 bridgehead atoms. The summed E-state index contributed by atoms with van der Waals surface area (Å²) >= 11 is 3.53. The second-order valence-electron chi connectivity index (χ2n) is 7.10. The van der Waals surface area contributed by atoms with E-state index < -0.39 is 7.29 Å². The molecule has 0 spiro atoms. The zero-order chi connectivity index (χ0) is 19.4. The minimum Gasteiger partial charge on any atom is -0.379 e. The Morgan fingerprint density at radius 2 is 1.39 bits per heavy atom. The Hall–Kier alpha value is -1.01. The van der Waals surface area contributed by atoms with Crippen LogP contribution in [0.15, 0.2) is 59.1 Å². The lowest BCUT2D eigenvalue weighted by molar-refractivity contribution is 0.0274. The largest absolute Gasteiger partial charge is 0.379 e. The molecular weight excluding hydrogens is 439 g/mol. The Morgan fingerprint density at radius 1 is 0.821 bits per heavy atom. The van der Waals surface area contributed by atoms with Crippen LogP contribution in [0.2, 0.25) is 0 Å². The van der Waals surface area contributed by atoms with Crippen LogP contribution in [-0.4, -0.2) is 62.2 Å². The molecule has 0 amide bonds. The molecule has 4 rings (SSSR count). The first kappa shape index (κ1) is 20.3. The summed E-state index contributed by atoms with van der Waals surface area (Å²) in [6, 6.07) is 18.3. The van der Waals surface area contributed by atoms with Crippen molar-refractivity contribution >= 4 is 28.5 Å². The van der Waals surface area contributed by atoms with Gasteiger partial charge in [0.05, 0.1) is 26.4 Å². The van der Waals surface area contributed by atoms with E-state index in [1.165, 1.54) is 0 Å². The van der Waals surface area contributed by atoms with E-state index in [-0.39, 0.29) is 5.78 Å². The number of hydrogen-bond acceptors (Lipinski definition) is 4. The van der Waals surface area contributed by atoms with Crippen molar-refractivity contribution in [2.45, 2.75) is 5.78 Å². The topological polar surface area (TPSA) is 42.0 Å². The maximum absolute atomic E-state index is 15.0. The highest BCUT2D eigenvalue weighted by atomic mass is 79.9. The van der Waals surface area contributed by atoms with Gasteiger partial charge in [-0.15, -0.1) is 0 Å². The molecule has 28 heavy (non-hydrogen) atoms. The van der Waals surface area contributed by atoms with Crippen LogP contribution in [0.1, 0.15) is 11.3 Å². The molecule has 0 radical (unpaired) electrons. The fourth-order valence-electron chi connectivity index (χ4n) is 4.04. The number of halogens is 1. The van der Waals surface area contributed by atoms with Gasteiger partial charge in [-0.2, -0.15) is 0 Å². The molecule has 2 heterocycles. The van der Waals surface area contributed by atoms with E-state index in [2.05, 4.69) is 37.6 Å². The molecule has 2 aromatic carbocycles. The second-order valence-corrected chi connectivity index (χ2v) is 10.8. The van der Waals surface area contributed by atoms with Gasteiger partial charge in [-0.05, 0) is 17.7 Å².